The fourth-order valence-corrected chi connectivity index (χ4v) is 3.44. The maximum Gasteiger partial charge on any atom is 0.318 e. The Bertz CT molecular complexity index is 699. The molecular formula is C14H23N5O4S. The molecule has 1 amide bonds. The number of nitrogens with one attached hydrogen (secondary N) is 1. The fraction of sp³-hybridized carbons (Fsp3) is 0.643. The highest BCUT2D eigenvalue weighted by Crippen LogP contribution is 2.26. The molecule has 1 saturated heterocycles. The molecule has 1 aliphatic heterocycles. The molecule has 0 aliphatic carbocycles. The van der Waals surface area contributed by atoms with Gasteiger partial charge in [0.15, 0.2) is 5.82 Å². The van der Waals surface area contributed by atoms with Crippen LogP contribution in [0.15, 0.2) is 6.20 Å². The van der Waals surface area contributed by atoms with Gasteiger partial charge < -0.3 is 15.0 Å². The number of methoxy groups -OCH3 is 1. The Morgan fingerprint density at radius 3 is 2.50 bits per heavy atom. The molecule has 1 N–H and O–H groups in total. The van der Waals surface area contributed by atoms with Gasteiger partial charge in [0.2, 0.25) is 15.9 Å². The lowest BCUT2D eigenvalue weighted by Crippen LogP contribution is -2.41. The fourth-order valence-electron chi connectivity index (χ4n) is 2.57. The van der Waals surface area contributed by atoms with Gasteiger partial charge in [-0.15, -0.1) is 0 Å². The molecule has 0 unspecified atom stereocenters. The summed E-state index contributed by atoms with van der Waals surface area (Å²) in [5.74, 6) is 0.156. The van der Waals surface area contributed by atoms with Crippen molar-refractivity contribution in [3.8, 4) is 6.01 Å². The summed E-state index contributed by atoms with van der Waals surface area (Å²) in [6, 6.07) is 0.221. The third-order valence-corrected chi connectivity index (χ3v) is 5.21. The van der Waals surface area contributed by atoms with E-state index in [0.29, 0.717) is 37.4 Å². The zero-order chi connectivity index (χ0) is 17.9. The predicted octanol–water partition coefficient (Wildman–Crippen LogP) is 0.161. The Morgan fingerprint density at radius 1 is 1.38 bits per heavy atom. The molecule has 24 heavy (non-hydrogen) atoms. The van der Waals surface area contributed by atoms with Gasteiger partial charge >= 0.3 is 6.01 Å². The maximum absolute atomic E-state index is 12.5. The van der Waals surface area contributed by atoms with Crippen molar-refractivity contribution < 1.29 is 17.9 Å². The van der Waals surface area contributed by atoms with E-state index in [0.717, 1.165) is 0 Å². The third-order valence-electron chi connectivity index (χ3n) is 3.90. The average molecular weight is 357 g/mol. The summed E-state index contributed by atoms with van der Waals surface area (Å²) in [6.07, 6.45) is 3.68. The molecule has 2 rings (SSSR count). The summed E-state index contributed by atoms with van der Waals surface area (Å²) in [4.78, 5) is 22.5. The first-order valence-electron chi connectivity index (χ1n) is 7.56. The Morgan fingerprint density at radius 2 is 2.00 bits per heavy atom. The Labute approximate surface area is 142 Å². The van der Waals surface area contributed by atoms with Gasteiger partial charge in [0.1, 0.15) is 5.69 Å². The summed E-state index contributed by atoms with van der Waals surface area (Å²) in [6.45, 7) is 0.715. The molecule has 1 aliphatic rings. The number of piperidine rings is 1. The number of hydrogen-bond donors (Lipinski definition) is 1. The van der Waals surface area contributed by atoms with Gasteiger partial charge in [-0.2, -0.15) is 4.98 Å². The molecule has 2 heterocycles. The summed E-state index contributed by atoms with van der Waals surface area (Å²) in [7, 11) is 1.89. The highest BCUT2D eigenvalue weighted by Gasteiger charge is 2.29. The molecule has 1 fully saturated rings. The molecule has 0 bridgehead atoms. The van der Waals surface area contributed by atoms with Crippen LogP contribution in [-0.2, 0) is 14.8 Å². The molecular weight excluding hydrogens is 334 g/mol. The zero-order valence-electron chi connectivity index (χ0n) is 14.3. The minimum absolute atomic E-state index is 0.153. The molecule has 1 aromatic heterocycles. The summed E-state index contributed by atoms with van der Waals surface area (Å²) in [5.41, 5.74) is 0.497. The van der Waals surface area contributed by atoms with E-state index in [1.54, 1.807) is 4.90 Å². The van der Waals surface area contributed by atoms with E-state index in [4.69, 9.17) is 4.74 Å². The quantitative estimate of drug-likeness (QED) is 0.800. The van der Waals surface area contributed by atoms with Crippen molar-refractivity contribution in [3.63, 3.8) is 0 Å². The van der Waals surface area contributed by atoms with Crippen LogP contribution in [0.5, 0.6) is 6.01 Å². The van der Waals surface area contributed by atoms with Gasteiger partial charge in [-0.25, -0.2) is 17.7 Å². The van der Waals surface area contributed by atoms with Crippen LogP contribution >= 0.6 is 0 Å². The third kappa shape index (κ3) is 4.32. The van der Waals surface area contributed by atoms with Crippen LogP contribution < -0.4 is 15.0 Å². The van der Waals surface area contributed by atoms with Gasteiger partial charge in [0.25, 0.3) is 0 Å². The lowest BCUT2D eigenvalue weighted by Gasteiger charge is -2.29. The van der Waals surface area contributed by atoms with Crippen LogP contribution in [-0.4, -0.2) is 69.1 Å². The Hall–Kier alpha value is -1.94. The smallest absolute Gasteiger partial charge is 0.318 e. The summed E-state index contributed by atoms with van der Waals surface area (Å²) < 4.78 is 29.5. The molecule has 1 aromatic rings. The SMILES string of the molecule is COc1ncc(NC(=O)C2CCN(S(C)(=O)=O)CC2)c(N(C)C)n1. The van der Waals surface area contributed by atoms with Crippen molar-refractivity contribution >= 4 is 27.4 Å². The highest BCUT2D eigenvalue weighted by atomic mass is 32.2. The first-order valence-corrected chi connectivity index (χ1v) is 9.41. The van der Waals surface area contributed by atoms with E-state index in [2.05, 4.69) is 15.3 Å². The number of aromatic nitrogens is 2. The highest BCUT2D eigenvalue weighted by molar-refractivity contribution is 7.88. The van der Waals surface area contributed by atoms with Crippen LogP contribution in [0.4, 0.5) is 11.5 Å². The second-order valence-corrected chi connectivity index (χ2v) is 7.90. The van der Waals surface area contributed by atoms with Crippen molar-refractivity contribution in [1.82, 2.24) is 14.3 Å². The second-order valence-electron chi connectivity index (χ2n) is 5.91. The van der Waals surface area contributed by atoms with E-state index >= 15 is 0 Å². The Kier molecular flexibility index (Phi) is 5.60. The van der Waals surface area contributed by atoms with E-state index in [1.807, 2.05) is 14.1 Å². The number of rotatable bonds is 5. The average Bonchev–Trinajstić information content (AvgIpc) is 2.54. The molecule has 0 radical (unpaired) electrons. The molecule has 9 nitrogen and oxygen atoms in total. The topological polar surface area (TPSA) is 105 Å². The molecule has 0 saturated carbocycles. The summed E-state index contributed by atoms with van der Waals surface area (Å²) in [5, 5.41) is 2.84. The second kappa shape index (κ2) is 7.31. The van der Waals surface area contributed by atoms with E-state index < -0.39 is 10.0 Å². The van der Waals surface area contributed by atoms with E-state index in [1.165, 1.54) is 23.9 Å². The molecule has 10 heteroatoms. The molecule has 134 valence electrons. The van der Waals surface area contributed by atoms with Gasteiger partial charge in [-0.3, -0.25) is 4.79 Å². The van der Waals surface area contributed by atoms with Crippen molar-refractivity contribution in [1.29, 1.82) is 0 Å². The normalized spacial score (nSPS) is 16.7. The van der Waals surface area contributed by atoms with Gasteiger partial charge in [0.05, 0.1) is 19.6 Å². The van der Waals surface area contributed by atoms with Crippen LogP contribution in [0.3, 0.4) is 0 Å². The number of hydrogen-bond acceptors (Lipinski definition) is 7. The van der Waals surface area contributed by atoms with Crippen molar-refractivity contribution in [2.75, 3.05) is 50.8 Å². The van der Waals surface area contributed by atoms with E-state index in [-0.39, 0.29) is 17.8 Å². The van der Waals surface area contributed by atoms with Crippen LogP contribution in [0.1, 0.15) is 12.8 Å². The number of nitrogens with zero attached hydrogens (tertiary/aromatic N) is 4. The van der Waals surface area contributed by atoms with Crippen LogP contribution in [0, 0.1) is 5.92 Å². The number of carbonyl (C=O) groups is 1. The Balaban J connectivity index is 2.06. The number of amides is 1. The monoisotopic (exact) mass is 357 g/mol. The molecule has 0 aromatic carbocycles. The zero-order valence-corrected chi connectivity index (χ0v) is 15.1. The number of ether oxygens (including phenoxy) is 1. The maximum atomic E-state index is 12.5. The lowest BCUT2D eigenvalue weighted by atomic mass is 9.97. The first kappa shape index (κ1) is 18.4. The minimum atomic E-state index is -3.20. The van der Waals surface area contributed by atoms with Crippen molar-refractivity contribution in [3.05, 3.63) is 6.20 Å². The van der Waals surface area contributed by atoms with Crippen LogP contribution in [0.2, 0.25) is 0 Å². The molecule has 0 atom stereocenters. The number of carbonyl (C=O) groups excluding carboxylic acids is 1. The van der Waals surface area contributed by atoms with Crippen molar-refractivity contribution in [2.45, 2.75) is 12.8 Å². The van der Waals surface area contributed by atoms with Crippen molar-refractivity contribution in [2.24, 2.45) is 5.92 Å². The number of anilines is 2. The van der Waals surface area contributed by atoms with Gasteiger partial charge in [-0.05, 0) is 12.8 Å². The largest absolute Gasteiger partial charge is 0.467 e. The van der Waals surface area contributed by atoms with Crippen LogP contribution in [0.25, 0.3) is 0 Å². The first-order chi connectivity index (χ1) is 11.2. The van der Waals surface area contributed by atoms with E-state index in [9.17, 15) is 13.2 Å². The van der Waals surface area contributed by atoms with Gasteiger partial charge in [0, 0.05) is 33.1 Å². The predicted molar refractivity (Wildman–Crippen MR) is 90.7 cm³/mol. The molecule has 0 spiro atoms. The van der Waals surface area contributed by atoms with Gasteiger partial charge in [-0.1, -0.05) is 0 Å². The standard InChI is InChI=1S/C14H23N5O4S/c1-18(2)12-11(9-15-14(17-12)23-3)16-13(20)10-5-7-19(8-6-10)24(4,21)22/h9-10H,5-8H2,1-4H3,(H,16,20). The summed E-state index contributed by atoms with van der Waals surface area (Å²) >= 11 is 0. The minimum Gasteiger partial charge on any atom is -0.467 e. The lowest BCUT2D eigenvalue weighted by molar-refractivity contribution is -0.120. The number of sulfonamides is 1.